The molecule has 0 aromatic heterocycles. The number of carboxylic acid groups (broad SMARTS) is 1. The smallest absolute Gasteiger partial charge is 0.306 e. The van der Waals surface area contributed by atoms with Gasteiger partial charge in [-0.2, -0.15) is 0 Å². The molecule has 5 nitrogen and oxygen atoms in total. The number of hydrogen-bond acceptors (Lipinski definition) is 4. The van der Waals surface area contributed by atoms with E-state index in [0.717, 1.165) is 12.8 Å². The zero-order valence-corrected chi connectivity index (χ0v) is 12.0. The minimum atomic E-state index is -0.762. The van der Waals surface area contributed by atoms with Crippen molar-refractivity contribution in [2.75, 3.05) is 19.8 Å². The van der Waals surface area contributed by atoms with Crippen molar-refractivity contribution in [2.45, 2.75) is 46.0 Å². The highest BCUT2D eigenvalue weighted by Gasteiger charge is 2.34. The summed E-state index contributed by atoms with van der Waals surface area (Å²) in [6.45, 7) is 3.26. The minimum Gasteiger partial charge on any atom is -0.481 e. The lowest BCUT2D eigenvalue weighted by Crippen LogP contribution is -2.38. The van der Waals surface area contributed by atoms with Crippen molar-refractivity contribution in [3.05, 3.63) is 0 Å². The molecule has 0 saturated carbocycles. The first kappa shape index (κ1) is 18.4. The molecule has 114 valence electrons. The van der Waals surface area contributed by atoms with Gasteiger partial charge in [0.05, 0.1) is 19.1 Å². The Hall–Kier alpha value is -0.650. The van der Waals surface area contributed by atoms with Gasteiger partial charge in [0.2, 0.25) is 0 Å². The van der Waals surface area contributed by atoms with E-state index in [1.54, 1.807) is 6.92 Å². The Kier molecular flexibility index (Phi) is 8.97. The Labute approximate surface area is 115 Å². The van der Waals surface area contributed by atoms with Crippen LogP contribution < -0.4 is 0 Å². The first-order valence-corrected chi connectivity index (χ1v) is 7.02. The van der Waals surface area contributed by atoms with Crippen molar-refractivity contribution in [1.82, 2.24) is 0 Å². The molecule has 0 heterocycles. The molecule has 4 N–H and O–H groups in total. The van der Waals surface area contributed by atoms with E-state index in [0.29, 0.717) is 19.3 Å². The van der Waals surface area contributed by atoms with E-state index in [1.807, 2.05) is 6.92 Å². The third kappa shape index (κ3) is 5.47. The third-order valence-corrected chi connectivity index (χ3v) is 4.27. The van der Waals surface area contributed by atoms with Crippen molar-refractivity contribution in [2.24, 2.45) is 17.3 Å². The molecule has 0 bridgehead atoms. The van der Waals surface area contributed by atoms with Crippen LogP contribution in [0.5, 0.6) is 0 Å². The molecule has 5 heteroatoms. The summed E-state index contributed by atoms with van der Waals surface area (Å²) in [6.07, 6.45) is 3.33. The van der Waals surface area contributed by atoms with Crippen molar-refractivity contribution in [1.29, 1.82) is 0 Å². The van der Waals surface area contributed by atoms with Gasteiger partial charge in [-0.25, -0.2) is 0 Å². The lowest BCUT2D eigenvalue weighted by atomic mass is 9.74. The summed E-state index contributed by atoms with van der Waals surface area (Å²) >= 11 is 0. The second-order valence-electron chi connectivity index (χ2n) is 5.45. The van der Waals surface area contributed by atoms with Crippen LogP contribution in [0.1, 0.15) is 46.0 Å². The van der Waals surface area contributed by atoms with Gasteiger partial charge in [-0.1, -0.05) is 26.7 Å². The van der Waals surface area contributed by atoms with Gasteiger partial charge >= 0.3 is 5.97 Å². The van der Waals surface area contributed by atoms with Crippen LogP contribution in [0.3, 0.4) is 0 Å². The molecule has 0 fully saturated rings. The Bertz CT molecular complexity index is 250. The summed E-state index contributed by atoms with van der Waals surface area (Å²) in [5, 5.41) is 37.0. The van der Waals surface area contributed by atoms with E-state index in [9.17, 15) is 20.1 Å². The van der Waals surface area contributed by atoms with Crippen LogP contribution in [-0.4, -0.2) is 46.2 Å². The molecule has 0 saturated heterocycles. The van der Waals surface area contributed by atoms with Crippen molar-refractivity contribution < 1.29 is 25.2 Å². The molecule has 0 aliphatic heterocycles. The fourth-order valence-corrected chi connectivity index (χ4v) is 2.33. The van der Waals surface area contributed by atoms with Crippen LogP contribution in [-0.2, 0) is 4.79 Å². The van der Waals surface area contributed by atoms with Gasteiger partial charge in [-0.15, -0.1) is 0 Å². The van der Waals surface area contributed by atoms with Gasteiger partial charge in [-0.05, 0) is 25.2 Å². The number of hydrogen-bond donors (Lipinski definition) is 4. The molecule has 0 radical (unpaired) electrons. The lowest BCUT2D eigenvalue weighted by Gasteiger charge is -2.35. The monoisotopic (exact) mass is 276 g/mol. The molecule has 0 spiro atoms. The summed E-state index contributed by atoms with van der Waals surface area (Å²) in [5.74, 6) is -1.25. The van der Waals surface area contributed by atoms with E-state index in [-0.39, 0.29) is 31.7 Å². The summed E-state index contributed by atoms with van der Waals surface area (Å²) in [6, 6.07) is 0. The summed E-state index contributed by atoms with van der Waals surface area (Å²) in [7, 11) is 0. The number of aliphatic hydroxyl groups excluding tert-OH is 3. The van der Waals surface area contributed by atoms with E-state index >= 15 is 0 Å². The normalized spacial score (nSPS) is 15.2. The molecule has 19 heavy (non-hydrogen) atoms. The van der Waals surface area contributed by atoms with Crippen LogP contribution >= 0.6 is 0 Å². The maximum Gasteiger partial charge on any atom is 0.306 e. The zero-order valence-electron chi connectivity index (χ0n) is 12.0. The lowest BCUT2D eigenvalue weighted by molar-refractivity contribution is -0.142. The predicted octanol–water partition coefficient (Wildman–Crippen LogP) is 1.26. The summed E-state index contributed by atoms with van der Waals surface area (Å²) < 4.78 is 0. The Morgan fingerprint density at radius 2 is 1.74 bits per heavy atom. The van der Waals surface area contributed by atoms with Gasteiger partial charge in [-0.3, -0.25) is 4.79 Å². The quantitative estimate of drug-likeness (QED) is 0.426. The number of aliphatic carboxylic acids is 1. The minimum absolute atomic E-state index is 0.0756. The molecular weight excluding hydrogens is 248 g/mol. The Balaban J connectivity index is 4.24. The SMILES string of the molecule is CCC(CCCCC(CO)(CO)C(C)CO)C(=O)O. The van der Waals surface area contributed by atoms with Crippen molar-refractivity contribution in [3.8, 4) is 0 Å². The third-order valence-electron chi connectivity index (χ3n) is 4.27. The van der Waals surface area contributed by atoms with E-state index < -0.39 is 11.4 Å². The van der Waals surface area contributed by atoms with Gasteiger partial charge in [0.25, 0.3) is 0 Å². The molecule has 0 aliphatic rings. The molecular formula is C14H28O5. The van der Waals surface area contributed by atoms with Crippen molar-refractivity contribution in [3.63, 3.8) is 0 Å². The Morgan fingerprint density at radius 3 is 2.11 bits per heavy atom. The molecule has 0 rings (SSSR count). The van der Waals surface area contributed by atoms with Crippen LogP contribution in [0, 0.1) is 17.3 Å². The van der Waals surface area contributed by atoms with Crippen molar-refractivity contribution >= 4 is 5.97 Å². The molecule has 0 amide bonds. The maximum atomic E-state index is 10.9. The summed E-state index contributed by atoms with van der Waals surface area (Å²) in [4.78, 5) is 10.9. The molecule has 0 aromatic carbocycles. The highest BCUT2D eigenvalue weighted by atomic mass is 16.4. The Morgan fingerprint density at radius 1 is 1.16 bits per heavy atom. The van der Waals surface area contributed by atoms with E-state index in [4.69, 9.17) is 5.11 Å². The number of unbranched alkanes of at least 4 members (excludes halogenated alkanes) is 1. The average Bonchev–Trinajstić information content (AvgIpc) is 2.42. The number of aliphatic hydroxyl groups is 3. The first-order chi connectivity index (χ1) is 8.97. The number of carboxylic acids is 1. The number of carbonyl (C=O) groups is 1. The predicted molar refractivity (Wildman–Crippen MR) is 72.7 cm³/mol. The van der Waals surface area contributed by atoms with Gasteiger partial charge < -0.3 is 20.4 Å². The van der Waals surface area contributed by atoms with E-state index in [1.165, 1.54) is 0 Å². The summed E-state index contributed by atoms with van der Waals surface area (Å²) in [5.41, 5.74) is -0.667. The highest BCUT2D eigenvalue weighted by Crippen LogP contribution is 2.33. The van der Waals surface area contributed by atoms with Gasteiger partial charge in [0.1, 0.15) is 0 Å². The van der Waals surface area contributed by atoms with E-state index in [2.05, 4.69) is 0 Å². The number of rotatable bonds is 11. The maximum absolute atomic E-state index is 10.9. The van der Waals surface area contributed by atoms with Crippen LogP contribution in [0.2, 0.25) is 0 Å². The fraction of sp³-hybridized carbons (Fsp3) is 0.929. The second-order valence-corrected chi connectivity index (χ2v) is 5.45. The zero-order chi connectivity index (χ0) is 14.9. The van der Waals surface area contributed by atoms with Gasteiger partial charge in [0.15, 0.2) is 0 Å². The van der Waals surface area contributed by atoms with Crippen LogP contribution in [0.15, 0.2) is 0 Å². The van der Waals surface area contributed by atoms with Crippen LogP contribution in [0.4, 0.5) is 0 Å². The largest absolute Gasteiger partial charge is 0.481 e. The standard InChI is InChI=1S/C14H28O5/c1-3-12(13(18)19)6-4-5-7-14(9-16,10-17)11(2)8-15/h11-12,15-17H,3-10H2,1-2H3,(H,18,19). The average molecular weight is 276 g/mol. The second kappa shape index (κ2) is 9.28. The first-order valence-electron chi connectivity index (χ1n) is 7.02. The topological polar surface area (TPSA) is 98.0 Å². The molecule has 0 aromatic rings. The fourth-order valence-electron chi connectivity index (χ4n) is 2.33. The molecule has 2 unspecified atom stereocenters. The highest BCUT2D eigenvalue weighted by molar-refractivity contribution is 5.69. The van der Waals surface area contributed by atoms with Gasteiger partial charge in [0, 0.05) is 12.0 Å². The molecule has 2 atom stereocenters. The van der Waals surface area contributed by atoms with Crippen LogP contribution in [0.25, 0.3) is 0 Å². The molecule has 0 aliphatic carbocycles.